The highest BCUT2D eigenvalue weighted by Gasteiger charge is 2.17. The van der Waals surface area contributed by atoms with Gasteiger partial charge in [0.2, 0.25) is 0 Å². The van der Waals surface area contributed by atoms with Crippen LogP contribution in [-0.2, 0) is 0 Å². The predicted molar refractivity (Wildman–Crippen MR) is 73.0 cm³/mol. The highest BCUT2D eigenvalue weighted by Crippen LogP contribution is 2.32. The lowest BCUT2D eigenvalue weighted by atomic mass is 10.1. The summed E-state index contributed by atoms with van der Waals surface area (Å²) in [6.45, 7) is 9.48. The fourth-order valence-corrected chi connectivity index (χ4v) is 2.73. The first-order valence-corrected chi connectivity index (χ1v) is 6.45. The van der Waals surface area contributed by atoms with E-state index in [4.69, 9.17) is 0 Å². The van der Waals surface area contributed by atoms with E-state index in [1.807, 2.05) is 17.8 Å². The topological polar surface area (TPSA) is 3.24 Å². The lowest BCUT2D eigenvalue weighted by Crippen LogP contribution is -2.19. The van der Waals surface area contributed by atoms with Crippen molar-refractivity contribution < 1.29 is 0 Å². The van der Waals surface area contributed by atoms with Crippen LogP contribution in [0.3, 0.4) is 0 Å². The summed E-state index contributed by atoms with van der Waals surface area (Å²) in [7, 11) is 0. The second-order valence-corrected chi connectivity index (χ2v) is 5.24. The van der Waals surface area contributed by atoms with Gasteiger partial charge in [0.25, 0.3) is 0 Å². The van der Waals surface area contributed by atoms with Crippen molar-refractivity contribution in [3.63, 3.8) is 0 Å². The molecular weight excluding hydrogens is 214 g/mol. The molecule has 0 unspecified atom stereocenters. The Bertz CT molecular complexity index is 420. The SMILES string of the molecule is C=C(CN1CSC(C)=C1C)c1ccccc1. The van der Waals surface area contributed by atoms with E-state index >= 15 is 0 Å². The zero-order valence-electron chi connectivity index (χ0n) is 9.86. The van der Waals surface area contributed by atoms with E-state index in [1.165, 1.54) is 21.7 Å². The molecular formula is C14H17NS. The zero-order chi connectivity index (χ0) is 11.5. The molecule has 2 rings (SSSR count). The average molecular weight is 231 g/mol. The van der Waals surface area contributed by atoms with Crippen LogP contribution in [0.5, 0.6) is 0 Å². The van der Waals surface area contributed by atoms with Crippen LogP contribution in [0, 0.1) is 0 Å². The van der Waals surface area contributed by atoms with E-state index in [0.717, 1.165) is 12.4 Å². The Morgan fingerprint density at radius 1 is 1.31 bits per heavy atom. The van der Waals surface area contributed by atoms with Crippen molar-refractivity contribution in [3.8, 4) is 0 Å². The van der Waals surface area contributed by atoms with E-state index in [9.17, 15) is 0 Å². The number of rotatable bonds is 3. The van der Waals surface area contributed by atoms with Crippen molar-refractivity contribution in [1.82, 2.24) is 4.90 Å². The van der Waals surface area contributed by atoms with Gasteiger partial charge in [-0.2, -0.15) is 0 Å². The molecule has 1 aromatic carbocycles. The third-order valence-electron chi connectivity index (χ3n) is 2.98. The fourth-order valence-electron chi connectivity index (χ4n) is 1.76. The minimum atomic E-state index is 0.931. The van der Waals surface area contributed by atoms with Crippen LogP contribution in [0.4, 0.5) is 0 Å². The van der Waals surface area contributed by atoms with E-state index in [2.05, 4.69) is 49.6 Å². The minimum absolute atomic E-state index is 0.931. The van der Waals surface area contributed by atoms with Gasteiger partial charge in [0, 0.05) is 17.1 Å². The van der Waals surface area contributed by atoms with Crippen LogP contribution in [0.2, 0.25) is 0 Å². The van der Waals surface area contributed by atoms with Crippen LogP contribution >= 0.6 is 11.8 Å². The van der Waals surface area contributed by atoms with Crippen molar-refractivity contribution in [3.05, 3.63) is 53.1 Å². The molecule has 16 heavy (non-hydrogen) atoms. The van der Waals surface area contributed by atoms with Crippen LogP contribution in [0.15, 0.2) is 47.5 Å². The Kier molecular flexibility index (Phi) is 3.39. The van der Waals surface area contributed by atoms with Gasteiger partial charge in [-0.25, -0.2) is 0 Å². The average Bonchev–Trinajstić information content (AvgIpc) is 2.62. The van der Waals surface area contributed by atoms with E-state index in [0.29, 0.717) is 0 Å². The van der Waals surface area contributed by atoms with Gasteiger partial charge in [0.1, 0.15) is 0 Å². The highest BCUT2D eigenvalue weighted by atomic mass is 32.2. The van der Waals surface area contributed by atoms with Gasteiger partial charge in [0.15, 0.2) is 0 Å². The van der Waals surface area contributed by atoms with E-state index < -0.39 is 0 Å². The molecule has 2 heteroatoms. The molecule has 0 spiro atoms. The maximum Gasteiger partial charge on any atom is 0.0684 e. The number of allylic oxidation sites excluding steroid dienone is 2. The van der Waals surface area contributed by atoms with Gasteiger partial charge >= 0.3 is 0 Å². The van der Waals surface area contributed by atoms with Gasteiger partial charge < -0.3 is 4.90 Å². The van der Waals surface area contributed by atoms with E-state index in [1.54, 1.807) is 0 Å². The van der Waals surface area contributed by atoms with Crippen molar-refractivity contribution in [2.45, 2.75) is 13.8 Å². The third kappa shape index (κ3) is 2.33. The molecule has 1 aromatic rings. The van der Waals surface area contributed by atoms with Crippen molar-refractivity contribution in [1.29, 1.82) is 0 Å². The molecule has 0 radical (unpaired) electrons. The minimum Gasteiger partial charge on any atom is -0.360 e. The first-order valence-electron chi connectivity index (χ1n) is 5.47. The number of hydrogen-bond acceptors (Lipinski definition) is 2. The molecule has 1 nitrogen and oxygen atoms in total. The summed E-state index contributed by atoms with van der Waals surface area (Å²) < 4.78 is 0. The molecule has 0 aromatic heterocycles. The second kappa shape index (κ2) is 4.79. The normalized spacial score (nSPS) is 15.8. The molecule has 1 aliphatic rings. The molecule has 0 aliphatic carbocycles. The summed E-state index contributed by atoms with van der Waals surface area (Å²) in [4.78, 5) is 3.82. The third-order valence-corrected chi connectivity index (χ3v) is 4.15. The number of hydrogen-bond donors (Lipinski definition) is 0. The van der Waals surface area contributed by atoms with Crippen LogP contribution in [0.1, 0.15) is 19.4 Å². The Hall–Kier alpha value is -1.15. The van der Waals surface area contributed by atoms with Crippen molar-refractivity contribution in [2.75, 3.05) is 12.4 Å². The van der Waals surface area contributed by atoms with Crippen LogP contribution in [0.25, 0.3) is 5.57 Å². The molecule has 0 saturated heterocycles. The number of thioether (sulfide) groups is 1. The summed E-state index contributed by atoms with van der Waals surface area (Å²) >= 11 is 1.92. The summed E-state index contributed by atoms with van der Waals surface area (Å²) in [6.07, 6.45) is 0. The number of nitrogens with zero attached hydrogens (tertiary/aromatic N) is 1. The standard InChI is InChI=1S/C14H17NS/c1-11(14-7-5-4-6-8-14)9-15-10-16-13(3)12(15)2/h4-8H,1,9-10H2,2-3H3. The molecule has 0 saturated carbocycles. The maximum absolute atomic E-state index is 4.17. The largest absolute Gasteiger partial charge is 0.360 e. The van der Waals surface area contributed by atoms with Gasteiger partial charge in [-0.15, -0.1) is 11.8 Å². The van der Waals surface area contributed by atoms with Crippen LogP contribution in [-0.4, -0.2) is 17.3 Å². The predicted octanol–water partition coefficient (Wildman–Crippen LogP) is 3.96. The summed E-state index contributed by atoms with van der Waals surface area (Å²) in [6, 6.07) is 10.4. The first kappa shape index (κ1) is 11.3. The molecule has 1 heterocycles. The Balaban J connectivity index is 2.04. The molecule has 0 bridgehead atoms. The second-order valence-electron chi connectivity index (χ2n) is 4.08. The van der Waals surface area contributed by atoms with Crippen molar-refractivity contribution in [2.24, 2.45) is 0 Å². The molecule has 84 valence electrons. The van der Waals surface area contributed by atoms with Crippen LogP contribution < -0.4 is 0 Å². The monoisotopic (exact) mass is 231 g/mol. The smallest absolute Gasteiger partial charge is 0.0684 e. The van der Waals surface area contributed by atoms with Gasteiger partial charge in [-0.05, 0) is 25.0 Å². The summed E-state index contributed by atoms with van der Waals surface area (Å²) in [5.74, 6) is 1.06. The molecule has 0 N–H and O–H groups in total. The highest BCUT2D eigenvalue weighted by molar-refractivity contribution is 8.03. The molecule has 0 fully saturated rings. The molecule has 0 amide bonds. The Labute approximate surface area is 102 Å². The lowest BCUT2D eigenvalue weighted by Gasteiger charge is -2.20. The summed E-state index contributed by atoms with van der Waals surface area (Å²) in [5, 5.41) is 0. The fraction of sp³-hybridized carbons (Fsp3) is 0.286. The Morgan fingerprint density at radius 3 is 2.56 bits per heavy atom. The van der Waals surface area contributed by atoms with Crippen molar-refractivity contribution >= 4 is 17.3 Å². The quantitative estimate of drug-likeness (QED) is 0.774. The zero-order valence-corrected chi connectivity index (χ0v) is 10.7. The lowest BCUT2D eigenvalue weighted by molar-refractivity contribution is 0.462. The molecule has 1 aliphatic heterocycles. The molecule has 0 atom stereocenters. The number of benzene rings is 1. The van der Waals surface area contributed by atoms with E-state index in [-0.39, 0.29) is 0 Å². The van der Waals surface area contributed by atoms with Gasteiger partial charge in [-0.1, -0.05) is 36.9 Å². The first-order chi connectivity index (χ1) is 7.68. The summed E-state index contributed by atoms with van der Waals surface area (Å²) in [5.41, 5.74) is 3.82. The van der Waals surface area contributed by atoms with Gasteiger partial charge in [0.05, 0.1) is 5.88 Å². The maximum atomic E-state index is 4.17. The Morgan fingerprint density at radius 2 is 2.00 bits per heavy atom. The van der Waals surface area contributed by atoms with Gasteiger partial charge in [-0.3, -0.25) is 0 Å².